The number of hydrogen-bond donors (Lipinski definition) is 1. The maximum Gasteiger partial charge on any atom is 0.0737 e. The van der Waals surface area contributed by atoms with Crippen molar-refractivity contribution in [1.82, 2.24) is 39.5 Å². The summed E-state index contributed by atoms with van der Waals surface area (Å²) < 4.78 is 2.31. The fraction of sp³-hybridized carbons (Fsp3) is 0. The summed E-state index contributed by atoms with van der Waals surface area (Å²) in [4.78, 5) is 31.3. The molecule has 0 saturated carbocycles. The second-order valence-corrected chi connectivity index (χ2v) is 11.5. The molecule has 0 radical (unpaired) electrons. The van der Waals surface area contributed by atoms with Gasteiger partial charge in [0.25, 0.3) is 0 Å². The molecule has 1 N–H and O–H groups in total. The Balaban J connectivity index is 0.00000348. The number of nitrogens with zero attached hydrogens (tertiary/aromatic N) is 7. The van der Waals surface area contributed by atoms with Gasteiger partial charge in [0.2, 0.25) is 0 Å². The van der Waals surface area contributed by atoms with Crippen LogP contribution in [0.1, 0.15) is 22.8 Å². The van der Waals surface area contributed by atoms with E-state index in [9.17, 15) is 0 Å². The number of aromatic nitrogens is 8. The summed E-state index contributed by atoms with van der Waals surface area (Å²) in [6, 6.07) is 26.8. The fourth-order valence-electron chi connectivity index (χ4n) is 6.47. The molecule has 49 heavy (non-hydrogen) atoms. The SMILES string of the molecule is C1=Cc2cc3c(-c4ccncc4)c(-c4ccncc4)c(c(-c4ccncc4)c4nc(cc5ccc(cc1n2)[nH]5)C=C4)n3-c1ccncc1.[Zn]. The number of rotatable bonds is 4. The quantitative estimate of drug-likeness (QED) is 0.186. The second-order valence-electron chi connectivity index (χ2n) is 11.5. The first-order valence-corrected chi connectivity index (χ1v) is 15.6. The van der Waals surface area contributed by atoms with E-state index in [1.807, 2.05) is 79.9 Å². The molecule has 228 valence electrons. The number of aromatic amines is 1. The van der Waals surface area contributed by atoms with Crippen LogP contribution in [0, 0.1) is 0 Å². The minimum Gasteiger partial charge on any atom is -0.355 e. The number of pyridine rings is 4. The molecule has 8 bridgehead atoms. The average Bonchev–Trinajstić information content (AvgIpc) is 3.95. The van der Waals surface area contributed by atoms with Crippen LogP contribution in [0.2, 0.25) is 0 Å². The molecule has 2 aliphatic rings. The Bertz CT molecular complexity index is 2540. The van der Waals surface area contributed by atoms with E-state index in [1.54, 1.807) is 0 Å². The molecular weight excluding hydrogens is 658 g/mol. The zero-order chi connectivity index (χ0) is 31.9. The molecule has 9 heteroatoms. The van der Waals surface area contributed by atoms with Crippen LogP contribution in [-0.2, 0) is 19.5 Å². The molecule has 9 heterocycles. The Hall–Kier alpha value is -6.18. The first kappa shape index (κ1) is 30.2. The van der Waals surface area contributed by atoms with Crippen LogP contribution in [0.5, 0.6) is 0 Å². The van der Waals surface area contributed by atoms with Crippen molar-refractivity contribution in [2.75, 3.05) is 0 Å². The van der Waals surface area contributed by atoms with E-state index < -0.39 is 0 Å². The first-order valence-electron chi connectivity index (χ1n) is 15.6. The van der Waals surface area contributed by atoms with Gasteiger partial charge >= 0.3 is 0 Å². The summed E-state index contributed by atoms with van der Waals surface area (Å²) >= 11 is 0. The van der Waals surface area contributed by atoms with Gasteiger partial charge in [-0.25, -0.2) is 9.97 Å². The maximum absolute atomic E-state index is 5.23. The number of fused-ring (bicyclic) bond motifs is 8. The van der Waals surface area contributed by atoms with Gasteiger partial charge in [0.1, 0.15) is 0 Å². The monoisotopic (exact) mass is 682 g/mol. The summed E-state index contributed by atoms with van der Waals surface area (Å²) in [5, 5.41) is 0. The Kier molecular flexibility index (Phi) is 7.88. The number of hydrogen-bond acceptors (Lipinski definition) is 6. The molecular formula is C40H26N8Zn. The summed E-state index contributed by atoms with van der Waals surface area (Å²) in [7, 11) is 0. The minimum absolute atomic E-state index is 0. The normalized spacial score (nSPS) is 11.8. The van der Waals surface area contributed by atoms with Crippen LogP contribution in [-0.4, -0.2) is 39.5 Å². The standard InChI is InChI=1S/C40H26N8.Zn/c1-2-31-24-32-5-6-35(47-32)37(26-7-15-41-16-8-26)40-39(28-11-19-43-20-12-28)38(27-9-17-42-18-10-27)36(48(40)34-13-21-44-22-14-34)25-33-4-3-30(46-33)23-29(1)45-31;/h1-25,45H;. The van der Waals surface area contributed by atoms with Crippen LogP contribution in [0.3, 0.4) is 0 Å². The van der Waals surface area contributed by atoms with Gasteiger partial charge in [-0.1, -0.05) is 0 Å². The van der Waals surface area contributed by atoms with Gasteiger partial charge in [0.15, 0.2) is 0 Å². The average molecular weight is 684 g/mol. The summed E-state index contributed by atoms with van der Waals surface area (Å²) in [5.41, 5.74) is 14.2. The van der Waals surface area contributed by atoms with Crippen molar-refractivity contribution < 1.29 is 19.5 Å². The van der Waals surface area contributed by atoms with Gasteiger partial charge in [-0.2, -0.15) is 0 Å². The van der Waals surface area contributed by atoms with Gasteiger partial charge in [-0.05, 0) is 120 Å². The van der Waals surface area contributed by atoms with E-state index in [-0.39, 0.29) is 19.5 Å². The van der Waals surface area contributed by atoms with Gasteiger partial charge < -0.3 is 9.55 Å². The molecule has 0 aliphatic carbocycles. The Morgan fingerprint density at radius 2 is 0.918 bits per heavy atom. The number of nitrogens with one attached hydrogen (secondary N) is 1. The van der Waals surface area contributed by atoms with Crippen molar-refractivity contribution in [3.63, 3.8) is 0 Å². The van der Waals surface area contributed by atoms with Crippen molar-refractivity contribution in [3.8, 4) is 39.1 Å². The zero-order valence-corrected chi connectivity index (χ0v) is 29.2. The van der Waals surface area contributed by atoms with Crippen LogP contribution < -0.4 is 0 Å². The van der Waals surface area contributed by atoms with E-state index in [4.69, 9.17) is 9.97 Å². The number of H-pyrrole nitrogens is 1. The predicted molar refractivity (Wildman–Crippen MR) is 191 cm³/mol. The van der Waals surface area contributed by atoms with E-state index in [0.29, 0.717) is 0 Å². The molecule has 7 aromatic rings. The molecule has 0 aromatic carbocycles. The molecule has 7 aromatic heterocycles. The van der Waals surface area contributed by atoms with Crippen LogP contribution in [0.15, 0.2) is 128 Å². The maximum atomic E-state index is 5.23. The Morgan fingerprint density at radius 3 is 1.51 bits per heavy atom. The fourth-order valence-corrected chi connectivity index (χ4v) is 6.47. The summed E-state index contributed by atoms with van der Waals surface area (Å²) in [6.45, 7) is 0. The second kappa shape index (κ2) is 12.8. The molecule has 8 nitrogen and oxygen atoms in total. The van der Waals surface area contributed by atoms with Gasteiger partial charge in [-0.3, -0.25) is 19.9 Å². The first-order chi connectivity index (χ1) is 23.8. The zero-order valence-electron chi connectivity index (χ0n) is 26.3. The molecule has 0 amide bonds. The van der Waals surface area contributed by atoms with Gasteiger partial charge in [-0.15, -0.1) is 0 Å². The minimum atomic E-state index is 0. The van der Waals surface area contributed by atoms with E-state index >= 15 is 0 Å². The largest absolute Gasteiger partial charge is 0.355 e. The molecule has 9 rings (SSSR count). The predicted octanol–water partition coefficient (Wildman–Crippen LogP) is 8.70. The third-order valence-electron chi connectivity index (χ3n) is 8.50. The molecule has 2 aliphatic heterocycles. The van der Waals surface area contributed by atoms with E-state index in [1.165, 1.54) is 0 Å². The van der Waals surface area contributed by atoms with E-state index in [0.717, 1.165) is 83.9 Å². The van der Waals surface area contributed by atoms with Gasteiger partial charge in [0.05, 0.1) is 33.8 Å². The van der Waals surface area contributed by atoms with Crippen molar-refractivity contribution in [1.29, 1.82) is 0 Å². The van der Waals surface area contributed by atoms with Crippen molar-refractivity contribution >= 4 is 46.4 Å². The van der Waals surface area contributed by atoms with Crippen LogP contribution >= 0.6 is 0 Å². The van der Waals surface area contributed by atoms with Crippen molar-refractivity contribution in [2.24, 2.45) is 0 Å². The summed E-state index contributed by atoms with van der Waals surface area (Å²) in [5.74, 6) is 0. The van der Waals surface area contributed by atoms with Crippen LogP contribution in [0.25, 0.3) is 85.4 Å². The third kappa shape index (κ3) is 5.60. The molecule has 0 fully saturated rings. The van der Waals surface area contributed by atoms with Crippen molar-refractivity contribution in [2.45, 2.75) is 0 Å². The van der Waals surface area contributed by atoms with Crippen LogP contribution in [0.4, 0.5) is 0 Å². The molecule has 0 atom stereocenters. The molecule has 0 spiro atoms. The summed E-state index contributed by atoms with van der Waals surface area (Å²) in [6.07, 6.45) is 22.9. The Labute approximate surface area is 294 Å². The smallest absolute Gasteiger partial charge is 0.0737 e. The molecule has 0 saturated heterocycles. The van der Waals surface area contributed by atoms with Crippen molar-refractivity contribution in [3.05, 3.63) is 151 Å². The Morgan fingerprint density at radius 1 is 0.449 bits per heavy atom. The van der Waals surface area contributed by atoms with Gasteiger partial charge in [0, 0.05) is 102 Å². The third-order valence-corrected chi connectivity index (χ3v) is 8.50. The topological polar surface area (TPSA) is 98.1 Å². The van der Waals surface area contributed by atoms with E-state index in [2.05, 4.69) is 102 Å². The molecule has 0 unspecified atom stereocenters.